The van der Waals surface area contributed by atoms with Crippen LogP contribution in [0.4, 0.5) is 45.8 Å². The van der Waals surface area contributed by atoms with Gasteiger partial charge in [-0.1, -0.05) is 41.5 Å². The molecule has 2 aromatic carbocycles. The minimum absolute atomic E-state index is 0.0555. The van der Waals surface area contributed by atoms with Crippen LogP contribution in [0.25, 0.3) is 0 Å². The van der Waals surface area contributed by atoms with Crippen LogP contribution in [0.3, 0.4) is 0 Å². The van der Waals surface area contributed by atoms with Crippen LogP contribution < -0.4 is 25.7 Å². The zero-order chi connectivity index (χ0) is 37.7. The molecule has 4 aromatic rings. The lowest BCUT2D eigenvalue weighted by Gasteiger charge is -2.15. The fourth-order valence-corrected chi connectivity index (χ4v) is 4.42. The van der Waals surface area contributed by atoms with Crippen LogP contribution in [0.1, 0.15) is 52.9 Å². The zero-order valence-corrected chi connectivity index (χ0v) is 29.9. The van der Waals surface area contributed by atoms with Gasteiger partial charge in [0, 0.05) is 37.1 Å². The van der Waals surface area contributed by atoms with E-state index in [4.69, 9.17) is 25.7 Å². The van der Waals surface area contributed by atoms with Gasteiger partial charge in [0.1, 0.15) is 23.0 Å². The molecular weight excluding hydrogens is 652 g/mol. The van der Waals surface area contributed by atoms with Gasteiger partial charge >= 0.3 is 5.69 Å². The number of aromatic nitrogens is 4. The summed E-state index contributed by atoms with van der Waals surface area (Å²) < 4.78 is 18.5. The highest BCUT2D eigenvalue weighted by Gasteiger charge is 2.27. The average molecular weight is 695 g/mol. The van der Waals surface area contributed by atoms with Crippen molar-refractivity contribution in [3.05, 3.63) is 61.9 Å². The summed E-state index contributed by atoms with van der Waals surface area (Å²) in [5, 5.41) is 47.5. The Morgan fingerprint density at radius 1 is 0.660 bits per heavy atom. The molecule has 0 aliphatic carbocycles. The summed E-state index contributed by atoms with van der Waals surface area (Å²) in [5.74, 6) is 1.27. The molecule has 268 valence electrons. The second kappa shape index (κ2) is 15.0. The van der Waals surface area contributed by atoms with Gasteiger partial charge in [-0.3, -0.25) is 29.6 Å². The zero-order valence-electron chi connectivity index (χ0n) is 29.9. The number of nitrogens with zero attached hydrogens (tertiary/aromatic N) is 10. The first-order valence-electron chi connectivity index (χ1n) is 15.0. The maximum Gasteiger partial charge on any atom is 0.314 e. The summed E-state index contributed by atoms with van der Waals surface area (Å²) in [6.45, 7) is 12.0. The van der Waals surface area contributed by atoms with Crippen molar-refractivity contribution in [3.63, 3.8) is 0 Å². The molecule has 0 bridgehead atoms. The number of hydrogen-bond donors (Lipinski definition) is 2. The molecular formula is C31H42N12O7. The highest BCUT2D eigenvalue weighted by atomic mass is 16.6. The Morgan fingerprint density at radius 2 is 1.10 bits per heavy atom. The molecule has 19 nitrogen and oxygen atoms in total. The third-order valence-corrected chi connectivity index (χ3v) is 7.12. The van der Waals surface area contributed by atoms with E-state index in [9.17, 15) is 20.2 Å². The quantitative estimate of drug-likeness (QED) is 0.1000. The van der Waals surface area contributed by atoms with Crippen molar-refractivity contribution < 1.29 is 24.1 Å². The molecule has 0 unspecified atom stereocenters. The van der Waals surface area contributed by atoms with Crippen molar-refractivity contribution in [3.8, 4) is 17.2 Å². The van der Waals surface area contributed by atoms with Crippen LogP contribution in [-0.2, 0) is 24.9 Å². The van der Waals surface area contributed by atoms with E-state index in [1.165, 1.54) is 56.3 Å². The number of ether oxygens (including phenoxy) is 3. The van der Waals surface area contributed by atoms with Crippen molar-refractivity contribution in [2.45, 2.75) is 52.4 Å². The molecule has 0 spiro atoms. The average Bonchev–Trinajstić information content (AvgIpc) is 3.51. The lowest BCUT2D eigenvalue weighted by molar-refractivity contribution is -0.385. The first-order chi connectivity index (χ1) is 23.2. The Bertz CT molecular complexity index is 1950. The number of anilines is 2. The number of benzene rings is 2. The van der Waals surface area contributed by atoms with Crippen LogP contribution in [0, 0.1) is 20.2 Å². The number of methoxy groups -OCH3 is 3. The molecule has 4 N–H and O–H groups in total. The molecule has 0 fully saturated rings. The summed E-state index contributed by atoms with van der Waals surface area (Å²) in [4.78, 5) is 20.9. The second-order valence-corrected chi connectivity index (χ2v) is 12.9. The largest absolute Gasteiger partial charge is 0.494 e. The van der Waals surface area contributed by atoms with E-state index in [1.807, 2.05) is 41.5 Å². The molecule has 4 rings (SSSR count). The molecule has 0 atom stereocenters. The van der Waals surface area contributed by atoms with Gasteiger partial charge in [0.2, 0.25) is 0 Å². The molecule has 50 heavy (non-hydrogen) atoms. The van der Waals surface area contributed by atoms with Crippen molar-refractivity contribution in [2.24, 2.45) is 34.6 Å². The minimum Gasteiger partial charge on any atom is -0.494 e. The smallest absolute Gasteiger partial charge is 0.314 e. The SMILES string of the molecule is COc1cc([N+](=O)[O-])c(OC)cc1N=Nc1c(C(C)(C)C)nn(C)c1N.COc1cc([N+](=O)[O-])ccc1N=Nc1c(C(C)(C)C)nn(C)c1N. The van der Waals surface area contributed by atoms with E-state index in [0.717, 1.165) is 0 Å². The van der Waals surface area contributed by atoms with Crippen LogP contribution in [0.2, 0.25) is 0 Å². The fraction of sp³-hybridized carbons (Fsp3) is 0.419. The molecule has 0 saturated heterocycles. The second-order valence-electron chi connectivity index (χ2n) is 12.9. The Kier molecular flexibility index (Phi) is 11.5. The molecule has 2 aromatic heterocycles. The van der Waals surface area contributed by atoms with E-state index in [2.05, 4.69) is 30.7 Å². The highest BCUT2D eigenvalue weighted by Crippen LogP contribution is 2.42. The van der Waals surface area contributed by atoms with E-state index in [-0.39, 0.29) is 45.1 Å². The van der Waals surface area contributed by atoms with Gasteiger partial charge in [-0.25, -0.2) is 0 Å². The van der Waals surface area contributed by atoms with Crippen LogP contribution in [0.15, 0.2) is 50.8 Å². The molecule has 2 heterocycles. The van der Waals surface area contributed by atoms with Gasteiger partial charge in [0.25, 0.3) is 5.69 Å². The van der Waals surface area contributed by atoms with E-state index in [1.54, 1.807) is 18.8 Å². The maximum atomic E-state index is 11.1. The van der Waals surface area contributed by atoms with E-state index < -0.39 is 9.85 Å². The molecule has 19 heteroatoms. The number of hydrogen-bond acceptors (Lipinski definition) is 15. The Balaban J connectivity index is 0.000000271. The molecule has 0 amide bonds. The number of nitro benzene ring substituents is 2. The van der Waals surface area contributed by atoms with Gasteiger partial charge in [-0.15, -0.1) is 20.5 Å². The van der Waals surface area contributed by atoms with Crippen molar-refractivity contribution in [2.75, 3.05) is 32.8 Å². The molecule has 0 radical (unpaired) electrons. The molecule has 0 aliphatic rings. The topological polar surface area (TPSA) is 251 Å². The number of nitrogens with two attached hydrogens (primary N) is 2. The monoisotopic (exact) mass is 694 g/mol. The van der Waals surface area contributed by atoms with Gasteiger partial charge in [-0.2, -0.15) is 10.2 Å². The van der Waals surface area contributed by atoms with Gasteiger partial charge in [0.15, 0.2) is 28.6 Å². The predicted octanol–water partition coefficient (Wildman–Crippen LogP) is 7.27. The standard InChI is InChI=1S/C16H22N6O4.C15H20N6O3/c1-16(2,3)14-13(15(17)21(4)20-14)19-18-9-7-12(26-6)10(22(23)24)8-11(9)25-5;1-15(2,3)13-12(14(16)20(4)19-13)18-17-10-7-6-9(21(22)23)8-11(10)24-5/h7-8H,17H2,1-6H3;6-8H,16H2,1-5H3. The van der Waals surface area contributed by atoms with Crippen LogP contribution >= 0.6 is 0 Å². The summed E-state index contributed by atoms with van der Waals surface area (Å²) in [5.41, 5.74) is 14.2. The summed E-state index contributed by atoms with van der Waals surface area (Å²) in [6.07, 6.45) is 0. The Morgan fingerprint density at radius 3 is 1.50 bits per heavy atom. The Hall–Kier alpha value is -6.14. The predicted molar refractivity (Wildman–Crippen MR) is 187 cm³/mol. The van der Waals surface area contributed by atoms with Gasteiger partial charge in [0.05, 0.1) is 54.7 Å². The van der Waals surface area contributed by atoms with Crippen molar-refractivity contribution in [1.82, 2.24) is 19.6 Å². The number of nitrogen functional groups attached to an aromatic ring is 2. The number of aryl methyl sites for hydroxylation is 2. The maximum absolute atomic E-state index is 11.1. The summed E-state index contributed by atoms with van der Waals surface area (Å²) >= 11 is 0. The third-order valence-electron chi connectivity index (χ3n) is 7.12. The highest BCUT2D eigenvalue weighted by molar-refractivity contribution is 5.67. The van der Waals surface area contributed by atoms with Gasteiger partial charge < -0.3 is 25.7 Å². The number of azo groups is 2. The number of non-ortho nitro benzene ring substituents is 1. The van der Waals surface area contributed by atoms with Crippen molar-refractivity contribution >= 4 is 45.8 Å². The van der Waals surface area contributed by atoms with E-state index >= 15 is 0 Å². The van der Waals surface area contributed by atoms with Crippen molar-refractivity contribution in [1.29, 1.82) is 0 Å². The summed E-state index contributed by atoms with van der Waals surface area (Å²) in [6, 6.07) is 6.75. The first-order valence-corrected chi connectivity index (χ1v) is 15.0. The Labute approximate surface area is 288 Å². The van der Waals surface area contributed by atoms with Crippen LogP contribution in [-0.4, -0.2) is 50.7 Å². The third kappa shape index (κ3) is 8.47. The molecule has 0 aliphatic heterocycles. The lowest BCUT2D eigenvalue weighted by Crippen LogP contribution is -2.12. The number of nitro groups is 2. The first kappa shape index (κ1) is 38.3. The number of rotatable bonds is 9. The molecule has 0 saturated carbocycles. The fourth-order valence-electron chi connectivity index (χ4n) is 4.42. The normalized spacial score (nSPS) is 11.8. The minimum atomic E-state index is -0.556. The van der Waals surface area contributed by atoms with Gasteiger partial charge in [-0.05, 0) is 6.07 Å². The lowest BCUT2D eigenvalue weighted by atomic mass is 9.91. The van der Waals surface area contributed by atoms with Crippen LogP contribution in [0.5, 0.6) is 17.2 Å². The summed E-state index contributed by atoms with van der Waals surface area (Å²) in [7, 11) is 7.60. The van der Waals surface area contributed by atoms with E-state index in [0.29, 0.717) is 40.1 Å².